The minimum Gasteiger partial charge on any atom is -0.470 e. The molecule has 0 bridgehead atoms. The van der Waals surface area contributed by atoms with E-state index in [4.69, 9.17) is 44.1 Å². The van der Waals surface area contributed by atoms with Crippen molar-refractivity contribution in [2.75, 3.05) is 0 Å². The van der Waals surface area contributed by atoms with Gasteiger partial charge >= 0.3 is 0 Å². The molecule has 0 aliphatic carbocycles. The molecule has 0 unspecified atom stereocenters. The Kier molecular flexibility index (Phi) is 5.59. The number of ether oxygens (including phenoxy) is 1. The van der Waals surface area contributed by atoms with E-state index in [1.54, 1.807) is 47.3 Å². The average Bonchev–Trinajstić information content (AvgIpc) is 3.30. The predicted octanol–water partition coefficient (Wildman–Crippen LogP) is 6.36. The fourth-order valence-corrected chi connectivity index (χ4v) is 3.60. The summed E-state index contributed by atoms with van der Waals surface area (Å²) in [6.45, 7) is 0.172. The van der Waals surface area contributed by atoms with E-state index in [1.807, 2.05) is 6.07 Å². The van der Waals surface area contributed by atoms with Gasteiger partial charge in [0.25, 0.3) is 5.89 Å². The van der Waals surface area contributed by atoms with Crippen molar-refractivity contribution in [2.45, 2.75) is 6.73 Å². The van der Waals surface area contributed by atoms with Gasteiger partial charge in [0.2, 0.25) is 5.82 Å². The Balaban J connectivity index is 1.49. The zero-order valence-electron chi connectivity index (χ0n) is 13.9. The second-order valence-electron chi connectivity index (χ2n) is 5.64. The Bertz CT molecular complexity index is 1150. The first-order valence-corrected chi connectivity index (χ1v) is 9.83. The summed E-state index contributed by atoms with van der Waals surface area (Å²) < 4.78 is 13.4. The minimum atomic E-state index is 0.172. The first kappa shape index (κ1) is 19.3. The first-order chi connectivity index (χ1) is 13.5. The summed E-state index contributed by atoms with van der Waals surface area (Å²) in [6, 6.07) is 12.2. The van der Waals surface area contributed by atoms with Gasteiger partial charge in [0, 0.05) is 21.3 Å². The molecule has 0 atom stereocenters. The van der Waals surface area contributed by atoms with Crippen molar-refractivity contribution < 1.29 is 9.26 Å². The minimum absolute atomic E-state index is 0.172. The topological polar surface area (TPSA) is 66.0 Å². The number of nitrogens with zero attached hydrogens (tertiary/aromatic N) is 4. The van der Waals surface area contributed by atoms with E-state index in [2.05, 4.69) is 31.2 Å². The molecule has 0 amide bonds. The van der Waals surface area contributed by atoms with Gasteiger partial charge < -0.3 is 9.26 Å². The standard InChI is InChI=1S/C18H10BrCl3N4O2/c19-10-1-4-16(14(22)7-10)27-9-26-6-5-15(24-26)18-23-17(25-28-18)12-3-2-11(20)8-13(12)21/h1-8H,9H2. The summed E-state index contributed by atoms with van der Waals surface area (Å²) >= 11 is 21.6. The fraction of sp³-hybridized carbons (Fsp3) is 0.0556. The molecule has 4 rings (SSSR count). The summed E-state index contributed by atoms with van der Waals surface area (Å²) in [5.74, 6) is 1.17. The van der Waals surface area contributed by atoms with E-state index < -0.39 is 0 Å². The van der Waals surface area contributed by atoms with Crippen LogP contribution in [0.5, 0.6) is 5.75 Å². The third kappa shape index (κ3) is 4.17. The van der Waals surface area contributed by atoms with Gasteiger partial charge in [-0.25, -0.2) is 4.68 Å². The molecule has 0 radical (unpaired) electrons. The molecule has 0 N–H and O–H groups in total. The van der Waals surface area contributed by atoms with Crippen LogP contribution in [0.3, 0.4) is 0 Å². The van der Waals surface area contributed by atoms with Crippen LogP contribution in [0.4, 0.5) is 0 Å². The Labute approximate surface area is 183 Å². The smallest absolute Gasteiger partial charge is 0.278 e. The summed E-state index contributed by atoms with van der Waals surface area (Å²) in [5.41, 5.74) is 1.13. The lowest BCUT2D eigenvalue weighted by molar-refractivity contribution is 0.221. The van der Waals surface area contributed by atoms with Crippen molar-refractivity contribution in [1.82, 2.24) is 19.9 Å². The number of benzene rings is 2. The van der Waals surface area contributed by atoms with Gasteiger partial charge in [0.05, 0.1) is 10.0 Å². The summed E-state index contributed by atoms with van der Waals surface area (Å²) in [7, 11) is 0. The maximum atomic E-state index is 6.19. The van der Waals surface area contributed by atoms with E-state index in [9.17, 15) is 0 Å². The van der Waals surface area contributed by atoms with Crippen molar-refractivity contribution in [1.29, 1.82) is 0 Å². The van der Waals surface area contributed by atoms with Gasteiger partial charge in [0.1, 0.15) is 5.75 Å². The van der Waals surface area contributed by atoms with Crippen LogP contribution >= 0.6 is 50.7 Å². The summed E-state index contributed by atoms with van der Waals surface area (Å²) in [5, 5.41) is 9.80. The Hall–Kier alpha value is -2.06. The van der Waals surface area contributed by atoms with Gasteiger partial charge in [-0.2, -0.15) is 10.1 Å². The Morgan fingerprint density at radius 2 is 1.89 bits per heavy atom. The number of halogens is 4. The highest BCUT2D eigenvalue weighted by Crippen LogP contribution is 2.30. The number of aromatic nitrogens is 4. The molecule has 0 saturated heterocycles. The van der Waals surface area contributed by atoms with E-state index in [1.165, 1.54) is 0 Å². The van der Waals surface area contributed by atoms with Gasteiger partial charge in [0.15, 0.2) is 12.4 Å². The quantitative estimate of drug-likeness (QED) is 0.319. The van der Waals surface area contributed by atoms with Crippen LogP contribution in [0.25, 0.3) is 23.0 Å². The second kappa shape index (κ2) is 8.13. The molecule has 0 saturated carbocycles. The van der Waals surface area contributed by atoms with Crippen molar-refractivity contribution in [2.24, 2.45) is 0 Å². The molecule has 0 spiro atoms. The fourth-order valence-electron chi connectivity index (χ4n) is 2.38. The van der Waals surface area contributed by atoms with Crippen molar-refractivity contribution in [3.63, 3.8) is 0 Å². The maximum Gasteiger partial charge on any atom is 0.278 e. The zero-order valence-corrected chi connectivity index (χ0v) is 17.8. The van der Waals surface area contributed by atoms with Gasteiger partial charge in [-0.05, 0) is 42.5 Å². The average molecular weight is 501 g/mol. The Morgan fingerprint density at radius 1 is 1.04 bits per heavy atom. The normalized spacial score (nSPS) is 11.0. The molecule has 10 heteroatoms. The largest absolute Gasteiger partial charge is 0.470 e. The SMILES string of the molecule is Clc1ccc(-c2noc(-c3ccn(COc4ccc(Br)cc4Cl)n3)n2)c(Cl)c1. The van der Waals surface area contributed by atoms with E-state index in [0.29, 0.717) is 37.9 Å². The highest BCUT2D eigenvalue weighted by Gasteiger charge is 2.15. The molecule has 0 aliphatic rings. The van der Waals surface area contributed by atoms with E-state index in [-0.39, 0.29) is 12.6 Å². The lowest BCUT2D eigenvalue weighted by Crippen LogP contribution is -2.06. The van der Waals surface area contributed by atoms with Gasteiger partial charge in [-0.1, -0.05) is 55.9 Å². The number of hydrogen-bond acceptors (Lipinski definition) is 5. The predicted molar refractivity (Wildman–Crippen MR) is 111 cm³/mol. The zero-order chi connectivity index (χ0) is 19.7. The number of hydrogen-bond donors (Lipinski definition) is 0. The van der Waals surface area contributed by atoms with Crippen LogP contribution in [-0.4, -0.2) is 19.9 Å². The van der Waals surface area contributed by atoms with Crippen molar-refractivity contribution >= 4 is 50.7 Å². The molecule has 2 aromatic carbocycles. The van der Waals surface area contributed by atoms with Crippen molar-refractivity contribution in [3.05, 3.63) is 68.2 Å². The molecule has 142 valence electrons. The molecule has 0 aliphatic heterocycles. The number of rotatable bonds is 5. The highest BCUT2D eigenvalue weighted by atomic mass is 79.9. The molecule has 0 fully saturated rings. The van der Waals surface area contributed by atoms with Gasteiger partial charge in [-0.3, -0.25) is 0 Å². The molecule has 2 aromatic heterocycles. The highest BCUT2D eigenvalue weighted by molar-refractivity contribution is 9.10. The lowest BCUT2D eigenvalue weighted by Gasteiger charge is -2.08. The van der Waals surface area contributed by atoms with E-state index >= 15 is 0 Å². The van der Waals surface area contributed by atoms with Gasteiger partial charge in [-0.15, -0.1) is 0 Å². The van der Waals surface area contributed by atoms with Crippen LogP contribution < -0.4 is 4.74 Å². The molecular weight excluding hydrogens is 490 g/mol. The summed E-state index contributed by atoms with van der Waals surface area (Å²) in [4.78, 5) is 4.35. The van der Waals surface area contributed by atoms with Crippen LogP contribution in [0.15, 0.2) is 57.7 Å². The molecule has 2 heterocycles. The third-order valence-corrected chi connectivity index (χ3v) is 5.04. The second-order valence-corrected chi connectivity index (χ2v) is 7.80. The van der Waals surface area contributed by atoms with Crippen LogP contribution in [0, 0.1) is 0 Å². The van der Waals surface area contributed by atoms with Crippen LogP contribution in [0.2, 0.25) is 15.1 Å². The summed E-state index contributed by atoms with van der Waals surface area (Å²) in [6.07, 6.45) is 1.74. The monoisotopic (exact) mass is 498 g/mol. The first-order valence-electron chi connectivity index (χ1n) is 7.90. The molecule has 4 aromatic rings. The molecule has 28 heavy (non-hydrogen) atoms. The van der Waals surface area contributed by atoms with E-state index in [0.717, 1.165) is 4.47 Å². The van der Waals surface area contributed by atoms with Crippen molar-refractivity contribution in [3.8, 4) is 28.7 Å². The maximum absolute atomic E-state index is 6.19. The Morgan fingerprint density at radius 3 is 2.68 bits per heavy atom. The third-order valence-electron chi connectivity index (χ3n) is 3.70. The lowest BCUT2D eigenvalue weighted by atomic mass is 10.2. The van der Waals surface area contributed by atoms with Crippen LogP contribution in [-0.2, 0) is 6.73 Å². The molecular formula is C18H10BrCl3N4O2. The molecule has 6 nitrogen and oxygen atoms in total. The van der Waals surface area contributed by atoms with Crippen LogP contribution in [0.1, 0.15) is 0 Å².